The third-order valence-corrected chi connectivity index (χ3v) is 9.98. The highest BCUT2D eigenvalue weighted by molar-refractivity contribution is 5.94. The number of phenolic OH excluding ortho intramolecular Hbond substituents is 1. The van der Waals surface area contributed by atoms with E-state index in [-0.39, 0.29) is 42.5 Å². The van der Waals surface area contributed by atoms with E-state index in [2.05, 4.69) is 22.8 Å². The molecule has 1 saturated heterocycles. The van der Waals surface area contributed by atoms with Crippen molar-refractivity contribution in [3.8, 4) is 11.5 Å². The van der Waals surface area contributed by atoms with Gasteiger partial charge >= 0.3 is 6.09 Å². The Hall–Kier alpha value is -4.28. The molecule has 0 unspecified atom stereocenters. The molecule has 2 aromatic rings. The summed E-state index contributed by atoms with van der Waals surface area (Å²) in [6.07, 6.45) is 6.27. The normalized spacial score (nSPS) is 22.3. The van der Waals surface area contributed by atoms with E-state index in [1.807, 2.05) is 12.1 Å². The molecule has 11 nitrogen and oxygen atoms in total. The summed E-state index contributed by atoms with van der Waals surface area (Å²) in [7, 11) is 1.50. The van der Waals surface area contributed by atoms with E-state index >= 15 is 0 Å². The molecule has 5 rings (SSSR count). The molecule has 4 amide bonds. The number of ether oxygens (including phenoxy) is 2. The number of carbonyl (C=O) groups is 4. The maximum Gasteiger partial charge on any atom is 0.410 e. The van der Waals surface area contributed by atoms with Gasteiger partial charge in [0.25, 0.3) is 0 Å². The first kappa shape index (κ1) is 36.0. The second kappa shape index (κ2) is 15.5. The number of fused-ring (bicyclic) bond motifs is 1. The Bertz CT molecular complexity index is 1500. The molecule has 0 spiro atoms. The van der Waals surface area contributed by atoms with Gasteiger partial charge in [0.1, 0.15) is 41.3 Å². The number of likely N-dealkylation sites (N-methyl/N-ethyl adjacent to an activating group) is 1. The molecule has 1 saturated carbocycles. The highest BCUT2D eigenvalue weighted by Gasteiger charge is 2.46. The van der Waals surface area contributed by atoms with Gasteiger partial charge in [-0.1, -0.05) is 49.6 Å². The topological polar surface area (TPSA) is 138 Å². The quantitative estimate of drug-likeness (QED) is 0.330. The van der Waals surface area contributed by atoms with Crippen molar-refractivity contribution in [3.63, 3.8) is 0 Å². The van der Waals surface area contributed by atoms with Crippen molar-refractivity contribution in [2.75, 3.05) is 13.6 Å². The molecule has 2 fully saturated rings. The van der Waals surface area contributed by atoms with Crippen molar-refractivity contribution in [2.24, 2.45) is 5.92 Å². The fourth-order valence-electron chi connectivity index (χ4n) is 7.27. The summed E-state index contributed by atoms with van der Waals surface area (Å²) in [6.45, 7) is 7.02. The number of benzene rings is 2. The van der Waals surface area contributed by atoms with Gasteiger partial charge in [-0.05, 0) is 89.0 Å². The molecule has 11 heteroatoms. The third kappa shape index (κ3) is 9.05. The molecular formula is C38H52N4O7. The van der Waals surface area contributed by atoms with Crippen LogP contribution in [0.1, 0.15) is 96.2 Å². The molecule has 266 valence electrons. The van der Waals surface area contributed by atoms with Crippen LogP contribution in [-0.4, -0.2) is 82.1 Å². The van der Waals surface area contributed by atoms with E-state index in [1.54, 1.807) is 50.8 Å². The molecule has 3 N–H and O–H groups in total. The number of aromatic hydroxyl groups is 1. The van der Waals surface area contributed by atoms with Crippen LogP contribution in [0.15, 0.2) is 48.5 Å². The molecule has 0 aromatic heterocycles. The molecule has 3 aliphatic rings. The van der Waals surface area contributed by atoms with Crippen molar-refractivity contribution in [1.82, 2.24) is 20.4 Å². The van der Waals surface area contributed by atoms with Crippen LogP contribution in [0.25, 0.3) is 0 Å². The number of hydrogen-bond acceptors (Lipinski definition) is 7. The average molecular weight is 677 g/mol. The smallest absolute Gasteiger partial charge is 0.410 e. The van der Waals surface area contributed by atoms with E-state index in [9.17, 15) is 24.3 Å². The first-order valence-corrected chi connectivity index (χ1v) is 17.7. The maximum absolute atomic E-state index is 14.7. The lowest BCUT2D eigenvalue weighted by Crippen LogP contribution is -2.59. The average Bonchev–Trinajstić information content (AvgIpc) is 3.49. The van der Waals surface area contributed by atoms with Crippen LogP contribution in [0.5, 0.6) is 11.5 Å². The summed E-state index contributed by atoms with van der Waals surface area (Å²) in [6, 6.07) is 11.8. The van der Waals surface area contributed by atoms with Gasteiger partial charge in [-0.15, -0.1) is 0 Å². The lowest BCUT2D eigenvalue weighted by atomic mass is 9.83. The van der Waals surface area contributed by atoms with Crippen LogP contribution in [0.2, 0.25) is 0 Å². The minimum Gasteiger partial charge on any atom is -0.508 e. The number of phenols is 1. The predicted octanol–water partition coefficient (Wildman–Crippen LogP) is 5.25. The Balaban J connectivity index is 1.39. The minimum absolute atomic E-state index is 0.0548. The fourth-order valence-corrected chi connectivity index (χ4v) is 7.27. The van der Waals surface area contributed by atoms with Crippen molar-refractivity contribution in [3.05, 3.63) is 59.7 Å². The second-order valence-corrected chi connectivity index (χ2v) is 14.8. The van der Waals surface area contributed by atoms with Crippen LogP contribution in [0.4, 0.5) is 4.79 Å². The zero-order chi connectivity index (χ0) is 35.3. The Morgan fingerprint density at radius 3 is 2.43 bits per heavy atom. The van der Waals surface area contributed by atoms with Crippen LogP contribution in [0, 0.1) is 5.92 Å². The molecule has 0 bridgehead atoms. The van der Waals surface area contributed by atoms with Gasteiger partial charge < -0.3 is 30.1 Å². The van der Waals surface area contributed by atoms with Gasteiger partial charge in [-0.3, -0.25) is 19.3 Å². The molecule has 2 aromatic carbocycles. The van der Waals surface area contributed by atoms with E-state index < -0.39 is 41.8 Å². The van der Waals surface area contributed by atoms with Crippen LogP contribution >= 0.6 is 0 Å². The first-order valence-electron chi connectivity index (χ1n) is 17.7. The third-order valence-electron chi connectivity index (χ3n) is 9.98. The number of hydrogen-bond donors (Lipinski definition) is 3. The Kier molecular flexibility index (Phi) is 11.4. The number of likely N-dealkylation sites (tertiary alicyclic amines) is 1. The Morgan fingerprint density at radius 1 is 0.980 bits per heavy atom. The zero-order valence-corrected chi connectivity index (χ0v) is 29.4. The minimum atomic E-state index is -0.903. The van der Waals surface area contributed by atoms with Gasteiger partial charge in [0, 0.05) is 19.5 Å². The molecule has 5 atom stereocenters. The summed E-state index contributed by atoms with van der Waals surface area (Å²) >= 11 is 0. The lowest BCUT2D eigenvalue weighted by Gasteiger charge is -2.36. The van der Waals surface area contributed by atoms with E-state index in [1.165, 1.54) is 23.6 Å². The number of aryl methyl sites for hydroxylation is 1. The summed E-state index contributed by atoms with van der Waals surface area (Å²) in [5.41, 5.74) is 1.58. The zero-order valence-electron chi connectivity index (χ0n) is 29.4. The van der Waals surface area contributed by atoms with Gasteiger partial charge in [0.05, 0.1) is 12.6 Å². The monoisotopic (exact) mass is 676 g/mol. The van der Waals surface area contributed by atoms with Crippen molar-refractivity contribution in [1.29, 1.82) is 0 Å². The van der Waals surface area contributed by atoms with Gasteiger partial charge in [0.15, 0.2) is 0 Å². The highest BCUT2D eigenvalue weighted by atomic mass is 16.6. The van der Waals surface area contributed by atoms with Crippen molar-refractivity contribution >= 4 is 23.8 Å². The van der Waals surface area contributed by atoms with E-state index in [0.717, 1.165) is 56.9 Å². The summed E-state index contributed by atoms with van der Waals surface area (Å²) in [4.78, 5) is 58.1. The largest absolute Gasteiger partial charge is 0.508 e. The molecule has 0 radical (unpaired) electrons. The second-order valence-electron chi connectivity index (χ2n) is 14.8. The lowest BCUT2D eigenvalue weighted by molar-refractivity contribution is -0.143. The van der Waals surface area contributed by atoms with Gasteiger partial charge in [-0.25, -0.2) is 4.79 Å². The summed E-state index contributed by atoms with van der Waals surface area (Å²) in [5.74, 6) is -0.689. The van der Waals surface area contributed by atoms with Crippen LogP contribution < -0.4 is 15.4 Å². The van der Waals surface area contributed by atoms with Crippen LogP contribution in [-0.2, 0) is 25.5 Å². The summed E-state index contributed by atoms with van der Waals surface area (Å²) < 4.78 is 11.7. The molecule has 1 heterocycles. The summed E-state index contributed by atoms with van der Waals surface area (Å²) in [5, 5.41) is 16.3. The first-order chi connectivity index (χ1) is 23.3. The van der Waals surface area contributed by atoms with Gasteiger partial charge in [0.2, 0.25) is 17.7 Å². The van der Waals surface area contributed by atoms with Crippen LogP contribution in [0.3, 0.4) is 0 Å². The molecular weight excluding hydrogens is 624 g/mol. The number of carbonyl (C=O) groups excluding carboxylic acids is 4. The fraction of sp³-hybridized carbons (Fsp3) is 0.579. The Labute approximate surface area is 289 Å². The highest BCUT2D eigenvalue weighted by Crippen LogP contribution is 2.33. The molecule has 2 aliphatic carbocycles. The maximum atomic E-state index is 14.7. The standard InChI is InChI=1S/C38H52N4O7/c1-24(41(5)37(47)49-38(2,3)4)34(44)40-33(26-14-7-6-8-15-26)36(46)42-23-29(48-28-18-12-17-27(43)21-28)22-32(42)35(45)39-31-20-11-16-25-13-9-10-19-30(25)31/h9-10,12-13,17-19,21,24,26,29,31-33,43H,6-8,11,14-16,20,22-23H2,1-5H3,(H,39,45)(H,40,44)/t24-,29-,31+,32-,33-/m0/s1. The van der Waals surface area contributed by atoms with E-state index in [0.29, 0.717) is 5.75 Å². The molecule has 49 heavy (non-hydrogen) atoms. The van der Waals surface area contributed by atoms with Crippen molar-refractivity contribution < 1.29 is 33.8 Å². The number of nitrogens with zero attached hydrogens (tertiary/aromatic N) is 2. The SMILES string of the molecule is C[C@@H](C(=O)N[C@H](C(=O)N1C[C@@H](Oc2cccc(O)c2)C[C@H]1C(=O)N[C@@H]1CCCc2ccccc21)C1CCCCC1)N(C)C(=O)OC(C)(C)C. The predicted molar refractivity (Wildman–Crippen MR) is 185 cm³/mol. The number of amides is 4. The van der Waals surface area contributed by atoms with Crippen molar-refractivity contribution in [2.45, 2.75) is 121 Å². The Morgan fingerprint density at radius 2 is 1.71 bits per heavy atom. The van der Waals surface area contributed by atoms with E-state index in [4.69, 9.17) is 9.47 Å². The molecule has 1 aliphatic heterocycles. The number of nitrogens with one attached hydrogen (secondary N) is 2. The van der Waals surface area contributed by atoms with Gasteiger partial charge in [-0.2, -0.15) is 0 Å². The number of rotatable bonds is 9.